The lowest BCUT2D eigenvalue weighted by Gasteiger charge is -2.24. The Labute approximate surface area is 126 Å². The van der Waals surface area contributed by atoms with Crippen LogP contribution in [0.2, 0.25) is 0 Å². The van der Waals surface area contributed by atoms with Crippen LogP contribution in [0.15, 0.2) is 4.52 Å². The monoisotopic (exact) mass is 293 g/mol. The van der Waals surface area contributed by atoms with Crippen molar-refractivity contribution in [2.45, 2.75) is 82.3 Å². The second-order valence-corrected chi connectivity index (χ2v) is 6.50. The van der Waals surface area contributed by atoms with Crippen molar-refractivity contribution in [1.29, 1.82) is 0 Å². The van der Waals surface area contributed by atoms with Crippen LogP contribution < -0.4 is 5.73 Å². The Bertz CT molecular complexity index is 454. The SMILES string of the molecule is CCOC1(c2noc(C3CCCCCC3N)n2)CCCC1. The van der Waals surface area contributed by atoms with E-state index in [1.165, 1.54) is 32.1 Å². The lowest BCUT2D eigenvalue weighted by molar-refractivity contribution is -0.0469. The second kappa shape index (κ2) is 6.44. The van der Waals surface area contributed by atoms with Crippen LogP contribution in [0.3, 0.4) is 0 Å². The summed E-state index contributed by atoms with van der Waals surface area (Å²) in [5.74, 6) is 1.69. The molecule has 2 fully saturated rings. The molecule has 0 aromatic carbocycles. The zero-order valence-corrected chi connectivity index (χ0v) is 13.0. The molecule has 1 aromatic rings. The van der Waals surface area contributed by atoms with Gasteiger partial charge in [0, 0.05) is 12.6 Å². The molecule has 2 aliphatic carbocycles. The highest BCUT2D eigenvalue weighted by Crippen LogP contribution is 2.41. The molecule has 5 nitrogen and oxygen atoms in total. The molecule has 1 aromatic heterocycles. The zero-order chi connectivity index (χ0) is 14.7. The van der Waals surface area contributed by atoms with Gasteiger partial charge in [-0.15, -0.1) is 0 Å². The fourth-order valence-electron chi connectivity index (χ4n) is 3.87. The lowest BCUT2D eigenvalue weighted by atomic mass is 9.95. The van der Waals surface area contributed by atoms with Gasteiger partial charge in [0.05, 0.1) is 5.92 Å². The predicted octanol–water partition coefficient (Wildman–Crippen LogP) is 3.25. The Balaban J connectivity index is 1.81. The third-order valence-corrected chi connectivity index (χ3v) is 5.07. The maximum Gasteiger partial charge on any atom is 0.231 e. The van der Waals surface area contributed by atoms with Crippen LogP contribution in [-0.2, 0) is 10.3 Å². The molecule has 0 aliphatic heterocycles. The molecule has 2 saturated carbocycles. The molecule has 3 rings (SSSR count). The van der Waals surface area contributed by atoms with E-state index in [-0.39, 0.29) is 17.6 Å². The molecule has 2 aliphatic rings. The normalized spacial score (nSPS) is 29.4. The van der Waals surface area contributed by atoms with E-state index in [0.29, 0.717) is 6.61 Å². The van der Waals surface area contributed by atoms with Gasteiger partial charge in [0.15, 0.2) is 0 Å². The highest BCUT2D eigenvalue weighted by atomic mass is 16.5. The predicted molar refractivity (Wildman–Crippen MR) is 79.9 cm³/mol. The first-order chi connectivity index (χ1) is 10.2. The molecule has 118 valence electrons. The fourth-order valence-corrected chi connectivity index (χ4v) is 3.87. The standard InChI is InChI=1S/C16H27N3O2/c1-2-20-16(10-6-7-11-16)15-18-14(21-19-15)12-8-4-3-5-9-13(12)17/h12-13H,2-11,17H2,1H3. The quantitative estimate of drug-likeness (QED) is 0.862. The van der Waals surface area contributed by atoms with Crippen molar-refractivity contribution in [3.63, 3.8) is 0 Å². The largest absolute Gasteiger partial charge is 0.367 e. The molecule has 2 unspecified atom stereocenters. The number of nitrogens with two attached hydrogens (primary N) is 1. The molecular formula is C16H27N3O2. The summed E-state index contributed by atoms with van der Waals surface area (Å²) in [5, 5.41) is 4.26. The third-order valence-electron chi connectivity index (χ3n) is 5.07. The maximum atomic E-state index is 6.31. The van der Waals surface area contributed by atoms with E-state index in [1.807, 2.05) is 6.92 Å². The van der Waals surface area contributed by atoms with E-state index in [0.717, 1.165) is 37.4 Å². The number of hydrogen-bond donors (Lipinski definition) is 1. The number of hydrogen-bond acceptors (Lipinski definition) is 5. The van der Waals surface area contributed by atoms with Gasteiger partial charge < -0.3 is 15.0 Å². The lowest BCUT2D eigenvalue weighted by Crippen LogP contribution is -2.29. The Morgan fingerprint density at radius 2 is 1.95 bits per heavy atom. The van der Waals surface area contributed by atoms with Crippen molar-refractivity contribution >= 4 is 0 Å². The molecule has 2 atom stereocenters. The molecule has 21 heavy (non-hydrogen) atoms. The van der Waals surface area contributed by atoms with E-state index >= 15 is 0 Å². The van der Waals surface area contributed by atoms with Gasteiger partial charge in [-0.1, -0.05) is 24.4 Å². The molecule has 0 radical (unpaired) electrons. The van der Waals surface area contributed by atoms with Crippen LogP contribution in [0.4, 0.5) is 0 Å². The first kappa shape index (κ1) is 15.0. The molecule has 0 saturated heterocycles. The highest BCUT2D eigenvalue weighted by molar-refractivity contribution is 5.08. The van der Waals surface area contributed by atoms with Crippen LogP contribution in [0.25, 0.3) is 0 Å². The zero-order valence-electron chi connectivity index (χ0n) is 13.0. The van der Waals surface area contributed by atoms with E-state index < -0.39 is 0 Å². The Kier molecular flexibility index (Phi) is 4.60. The molecule has 5 heteroatoms. The van der Waals surface area contributed by atoms with E-state index in [1.54, 1.807) is 0 Å². The van der Waals surface area contributed by atoms with Gasteiger partial charge in [0.1, 0.15) is 5.60 Å². The van der Waals surface area contributed by atoms with Crippen molar-refractivity contribution in [3.05, 3.63) is 11.7 Å². The van der Waals surface area contributed by atoms with Gasteiger partial charge in [-0.3, -0.25) is 0 Å². The minimum absolute atomic E-state index is 0.146. The topological polar surface area (TPSA) is 74.2 Å². The summed E-state index contributed by atoms with van der Waals surface area (Å²) >= 11 is 0. The maximum absolute atomic E-state index is 6.31. The van der Waals surface area contributed by atoms with Gasteiger partial charge in [-0.25, -0.2) is 0 Å². The highest BCUT2D eigenvalue weighted by Gasteiger charge is 2.41. The summed E-state index contributed by atoms with van der Waals surface area (Å²) in [6.45, 7) is 2.72. The van der Waals surface area contributed by atoms with Crippen LogP contribution >= 0.6 is 0 Å². The summed E-state index contributed by atoms with van der Waals surface area (Å²) < 4.78 is 11.6. The summed E-state index contributed by atoms with van der Waals surface area (Å²) in [5.41, 5.74) is 5.99. The van der Waals surface area contributed by atoms with Gasteiger partial charge in [-0.2, -0.15) is 4.98 Å². The van der Waals surface area contributed by atoms with Crippen molar-refractivity contribution in [3.8, 4) is 0 Å². The van der Waals surface area contributed by atoms with E-state index in [4.69, 9.17) is 20.0 Å². The number of ether oxygens (including phenoxy) is 1. The van der Waals surface area contributed by atoms with Crippen molar-refractivity contribution < 1.29 is 9.26 Å². The molecule has 0 amide bonds. The number of nitrogens with zero attached hydrogens (tertiary/aromatic N) is 2. The van der Waals surface area contributed by atoms with Gasteiger partial charge >= 0.3 is 0 Å². The molecule has 0 spiro atoms. The first-order valence-corrected chi connectivity index (χ1v) is 8.49. The van der Waals surface area contributed by atoms with Crippen molar-refractivity contribution in [2.24, 2.45) is 5.73 Å². The molecule has 1 heterocycles. The van der Waals surface area contributed by atoms with Crippen LogP contribution in [0.1, 0.15) is 82.3 Å². The Morgan fingerprint density at radius 3 is 2.71 bits per heavy atom. The Hall–Kier alpha value is -0.940. The van der Waals surface area contributed by atoms with Crippen LogP contribution in [0.5, 0.6) is 0 Å². The summed E-state index contributed by atoms with van der Waals surface area (Å²) in [6, 6.07) is 0.146. The molecule has 0 bridgehead atoms. The van der Waals surface area contributed by atoms with Gasteiger partial charge in [0.2, 0.25) is 11.7 Å². The van der Waals surface area contributed by atoms with Crippen LogP contribution in [0, 0.1) is 0 Å². The smallest absolute Gasteiger partial charge is 0.231 e. The van der Waals surface area contributed by atoms with Crippen LogP contribution in [-0.4, -0.2) is 22.8 Å². The van der Waals surface area contributed by atoms with E-state index in [2.05, 4.69) is 5.16 Å². The van der Waals surface area contributed by atoms with Crippen molar-refractivity contribution in [2.75, 3.05) is 6.61 Å². The number of aromatic nitrogens is 2. The molecular weight excluding hydrogens is 266 g/mol. The summed E-state index contributed by atoms with van der Waals surface area (Å²) in [7, 11) is 0. The van der Waals surface area contributed by atoms with E-state index in [9.17, 15) is 0 Å². The minimum Gasteiger partial charge on any atom is -0.367 e. The summed E-state index contributed by atoms with van der Waals surface area (Å²) in [4.78, 5) is 4.72. The Morgan fingerprint density at radius 1 is 1.19 bits per heavy atom. The third kappa shape index (κ3) is 2.99. The van der Waals surface area contributed by atoms with Crippen molar-refractivity contribution in [1.82, 2.24) is 10.1 Å². The number of rotatable bonds is 4. The minimum atomic E-state index is -0.314. The average Bonchev–Trinajstić information content (AvgIpc) is 3.09. The second-order valence-electron chi connectivity index (χ2n) is 6.50. The first-order valence-electron chi connectivity index (χ1n) is 8.49. The summed E-state index contributed by atoms with van der Waals surface area (Å²) in [6.07, 6.45) is 10.1. The fraction of sp³-hybridized carbons (Fsp3) is 0.875. The van der Waals surface area contributed by atoms with Gasteiger partial charge in [0.25, 0.3) is 0 Å². The molecule has 2 N–H and O–H groups in total. The average molecular weight is 293 g/mol. The van der Waals surface area contributed by atoms with Gasteiger partial charge in [-0.05, 0) is 45.4 Å².